The van der Waals surface area contributed by atoms with E-state index in [0.29, 0.717) is 13.0 Å². The maximum absolute atomic E-state index is 11.7. The molecule has 0 saturated heterocycles. The molecule has 0 bridgehead atoms. The van der Waals surface area contributed by atoms with Gasteiger partial charge in [-0.25, -0.2) is 0 Å². The number of amides is 1. The molecule has 116 valence electrons. The highest BCUT2D eigenvalue weighted by Crippen LogP contribution is 2.06. The lowest BCUT2D eigenvalue weighted by atomic mass is 10.1. The molecule has 0 aliphatic heterocycles. The van der Waals surface area contributed by atoms with E-state index in [1.54, 1.807) is 0 Å². The van der Waals surface area contributed by atoms with Crippen molar-refractivity contribution in [3.8, 4) is 0 Å². The minimum atomic E-state index is -0.724. The molecule has 0 aliphatic rings. The van der Waals surface area contributed by atoms with Crippen LogP contribution in [-0.4, -0.2) is 23.5 Å². The minimum Gasteiger partial charge on any atom is -0.481 e. The SMILES string of the molecule is Cc1ccc(CC(=O)NCCCCCCCC(=O)O)cc1. The summed E-state index contributed by atoms with van der Waals surface area (Å²) in [6.45, 7) is 2.73. The van der Waals surface area contributed by atoms with Crippen LogP contribution >= 0.6 is 0 Å². The molecule has 0 aromatic heterocycles. The van der Waals surface area contributed by atoms with Crippen LogP contribution in [0.4, 0.5) is 0 Å². The number of nitrogens with one attached hydrogen (secondary N) is 1. The minimum absolute atomic E-state index is 0.0599. The maximum Gasteiger partial charge on any atom is 0.303 e. The number of benzene rings is 1. The zero-order valence-electron chi connectivity index (χ0n) is 12.7. The molecule has 1 rings (SSSR count). The summed E-state index contributed by atoms with van der Waals surface area (Å²) in [5.74, 6) is -0.664. The summed E-state index contributed by atoms with van der Waals surface area (Å²) in [5.41, 5.74) is 2.23. The van der Waals surface area contributed by atoms with Crippen molar-refractivity contribution in [1.29, 1.82) is 0 Å². The van der Waals surface area contributed by atoms with E-state index in [9.17, 15) is 9.59 Å². The van der Waals surface area contributed by atoms with Gasteiger partial charge in [-0.05, 0) is 25.3 Å². The third kappa shape index (κ3) is 8.84. The van der Waals surface area contributed by atoms with Crippen LogP contribution in [0.5, 0.6) is 0 Å². The van der Waals surface area contributed by atoms with Crippen LogP contribution < -0.4 is 5.32 Å². The Balaban J connectivity index is 2.01. The molecule has 1 amide bonds. The van der Waals surface area contributed by atoms with Gasteiger partial charge in [-0.15, -0.1) is 0 Å². The van der Waals surface area contributed by atoms with E-state index >= 15 is 0 Å². The van der Waals surface area contributed by atoms with E-state index in [4.69, 9.17) is 5.11 Å². The van der Waals surface area contributed by atoms with Crippen molar-refractivity contribution in [3.05, 3.63) is 35.4 Å². The highest BCUT2D eigenvalue weighted by atomic mass is 16.4. The van der Waals surface area contributed by atoms with Gasteiger partial charge in [-0.2, -0.15) is 0 Å². The lowest BCUT2D eigenvalue weighted by Crippen LogP contribution is -2.26. The van der Waals surface area contributed by atoms with Gasteiger partial charge in [0, 0.05) is 13.0 Å². The predicted octanol–water partition coefficient (Wildman–Crippen LogP) is 3.08. The van der Waals surface area contributed by atoms with E-state index in [1.807, 2.05) is 31.2 Å². The van der Waals surface area contributed by atoms with Crippen molar-refractivity contribution in [2.75, 3.05) is 6.54 Å². The quantitative estimate of drug-likeness (QED) is 0.651. The molecule has 4 nitrogen and oxygen atoms in total. The van der Waals surface area contributed by atoms with Crippen molar-refractivity contribution in [3.63, 3.8) is 0 Å². The number of aliphatic carboxylic acids is 1. The van der Waals surface area contributed by atoms with Gasteiger partial charge in [0.25, 0.3) is 0 Å². The van der Waals surface area contributed by atoms with Crippen LogP contribution in [0.25, 0.3) is 0 Å². The van der Waals surface area contributed by atoms with Crippen LogP contribution in [-0.2, 0) is 16.0 Å². The smallest absolute Gasteiger partial charge is 0.303 e. The molecule has 0 saturated carbocycles. The number of carboxylic acids is 1. The molecule has 4 heteroatoms. The molecule has 0 fully saturated rings. The third-order valence-corrected chi connectivity index (χ3v) is 3.37. The van der Waals surface area contributed by atoms with Gasteiger partial charge in [0.2, 0.25) is 5.91 Å². The predicted molar refractivity (Wildman–Crippen MR) is 83.2 cm³/mol. The molecule has 0 radical (unpaired) electrons. The van der Waals surface area contributed by atoms with E-state index in [-0.39, 0.29) is 12.3 Å². The Labute approximate surface area is 126 Å². The summed E-state index contributed by atoms with van der Waals surface area (Å²) < 4.78 is 0. The summed E-state index contributed by atoms with van der Waals surface area (Å²) in [6.07, 6.45) is 5.39. The largest absolute Gasteiger partial charge is 0.481 e. The van der Waals surface area contributed by atoms with Crippen molar-refractivity contribution in [2.45, 2.75) is 51.9 Å². The zero-order chi connectivity index (χ0) is 15.5. The first kappa shape index (κ1) is 17.2. The Morgan fingerprint density at radius 2 is 1.62 bits per heavy atom. The van der Waals surface area contributed by atoms with Gasteiger partial charge in [0.1, 0.15) is 0 Å². The van der Waals surface area contributed by atoms with Crippen molar-refractivity contribution in [2.24, 2.45) is 0 Å². The molecule has 1 aromatic carbocycles. The number of rotatable bonds is 10. The fraction of sp³-hybridized carbons (Fsp3) is 0.529. The lowest BCUT2D eigenvalue weighted by molar-refractivity contribution is -0.137. The molecular formula is C17H25NO3. The van der Waals surface area contributed by atoms with E-state index in [1.165, 1.54) is 5.56 Å². The Morgan fingerprint density at radius 1 is 1.00 bits per heavy atom. The molecule has 0 atom stereocenters. The lowest BCUT2D eigenvalue weighted by Gasteiger charge is -2.05. The monoisotopic (exact) mass is 291 g/mol. The number of unbranched alkanes of at least 4 members (excludes halogenated alkanes) is 4. The first-order valence-corrected chi connectivity index (χ1v) is 7.62. The van der Waals surface area contributed by atoms with Gasteiger partial charge < -0.3 is 10.4 Å². The summed E-state index contributed by atoms with van der Waals surface area (Å²) in [6, 6.07) is 7.99. The van der Waals surface area contributed by atoms with Crippen molar-refractivity contribution < 1.29 is 14.7 Å². The molecule has 0 heterocycles. The second-order valence-corrected chi connectivity index (χ2v) is 5.42. The number of hydrogen-bond donors (Lipinski definition) is 2. The Kier molecular flexibility index (Phi) is 8.17. The third-order valence-electron chi connectivity index (χ3n) is 3.37. The van der Waals surface area contributed by atoms with E-state index in [2.05, 4.69) is 5.32 Å². The molecule has 2 N–H and O–H groups in total. The standard InChI is InChI=1S/C17H25NO3/c1-14-8-10-15(11-9-14)13-16(19)18-12-6-4-2-3-5-7-17(20)21/h8-11H,2-7,12-13H2,1H3,(H,18,19)(H,20,21). The average Bonchev–Trinajstić information content (AvgIpc) is 2.44. The number of carbonyl (C=O) groups is 2. The van der Waals surface area contributed by atoms with E-state index < -0.39 is 5.97 Å². The molecule has 21 heavy (non-hydrogen) atoms. The Bertz CT molecular complexity index is 440. The topological polar surface area (TPSA) is 66.4 Å². The van der Waals surface area contributed by atoms with Crippen LogP contribution in [0.1, 0.15) is 49.7 Å². The summed E-state index contributed by atoms with van der Waals surface area (Å²) in [7, 11) is 0. The normalized spacial score (nSPS) is 10.3. The fourth-order valence-corrected chi connectivity index (χ4v) is 2.11. The summed E-state index contributed by atoms with van der Waals surface area (Å²) in [5, 5.41) is 11.4. The van der Waals surface area contributed by atoms with Gasteiger partial charge >= 0.3 is 5.97 Å². The van der Waals surface area contributed by atoms with Crippen LogP contribution in [0.3, 0.4) is 0 Å². The van der Waals surface area contributed by atoms with Crippen LogP contribution in [0.15, 0.2) is 24.3 Å². The number of carboxylic acid groups (broad SMARTS) is 1. The van der Waals surface area contributed by atoms with Crippen molar-refractivity contribution in [1.82, 2.24) is 5.32 Å². The Morgan fingerprint density at radius 3 is 2.29 bits per heavy atom. The van der Waals surface area contributed by atoms with Gasteiger partial charge in [-0.3, -0.25) is 9.59 Å². The van der Waals surface area contributed by atoms with E-state index in [0.717, 1.165) is 37.7 Å². The van der Waals surface area contributed by atoms with Gasteiger partial charge in [-0.1, -0.05) is 49.1 Å². The Hall–Kier alpha value is -1.84. The molecule has 1 aromatic rings. The van der Waals surface area contributed by atoms with Crippen molar-refractivity contribution >= 4 is 11.9 Å². The van der Waals surface area contributed by atoms with Crippen LogP contribution in [0.2, 0.25) is 0 Å². The maximum atomic E-state index is 11.7. The molecule has 0 aliphatic carbocycles. The highest BCUT2D eigenvalue weighted by molar-refractivity contribution is 5.78. The fourth-order valence-electron chi connectivity index (χ4n) is 2.11. The number of hydrogen-bond acceptors (Lipinski definition) is 2. The first-order valence-electron chi connectivity index (χ1n) is 7.62. The second kappa shape index (κ2) is 9.97. The number of carbonyl (C=O) groups excluding carboxylic acids is 1. The van der Waals surface area contributed by atoms with Gasteiger partial charge in [0.05, 0.1) is 6.42 Å². The summed E-state index contributed by atoms with van der Waals surface area (Å²) >= 11 is 0. The summed E-state index contributed by atoms with van der Waals surface area (Å²) in [4.78, 5) is 22.1. The number of aryl methyl sites for hydroxylation is 1. The molecule has 0 spiro atoms. The first-order chi connectivity index (χ1) is 10.1. The van der Waals surface area contributed by atoms with Crippen LogP contribution in [0, 0.1) is 6.92 Å². The average molecular weight is 291 g/mol. The highest BCUT2D eigenvalue weighted by Gasteiger charge is 2.02. The zero-order valence-corrected chi connectivity index (χ0v) is 12.7. The van der Waals surface area contributed by atoms with Gasteiger partial charge in [0.15, 0.2) is 0 Å². The second-order valence-electron chi connectivity index (χ2n) is 5.42. The molecule has 0 unspecified atom stereocenters. The molecular weight excluding hydrogens is 266 g/mol.